The number of hydrogen-bond donors (Lipinski definition) is 3. The SMILES string of the molecule is CCS(=O)(=O)NCCCNC(=NC)NCC1(C(=O)N(C)C)CCCC1. The molecule has 0 aromatic heterocycles. The molecule has 8 nitrogen and oxygen atoms in total. The third-order valence-electron chi connectivity index (χ3n) is 4.59. The van der Waals surface area contributed by atoms with E-state index in [9.17, 15) is 13.2 Å². The van der Waals surface area contributed by atoms with Crippen LogP contribution in [0.25, 0.3) is 0 Å². The van der Waals surface area contributed by atoms with Crippen molar-refractivity contribution in [3.05, 3.63) is 0 Å². The van der Waals surface area contributed by atoms with Crippen LogP contribution >= 0.6 is 0 Å². The maximum absolute atomic E-state index is 12.6. The topological polar surface area (TPSA) is 103 Å². The Morgan fingerprint density at radius 2 is 1.80 bits per heavy atom. The van der Waals surface area contributed by atoms with E-state index in [4.69, 9.17) is 0 Å². The predicted molar refractivity (Wildman–Crippen MR) is 101 cm³/mol. The van der Waals surface area contributed by atoms with Crippen molar-refractivity contribution >= 4 is 21.9 Å². The van der Waals surface area contributed by atoms with Gasteiger partial charge in [0.15, 0.2) is 5.96 Å². The molecule has 146 valence electrons. The number of sulfonamides is 1. The van der Waals surface area contributed by atoms with Crippen LogP contribution in [0, 0.1) is 5.41 Å². The molecule has 0 saturated heterocycles. The van der Waals surface area contributed by atoms with Crippen LogP contribution in [0.3, 0.4) is 0 Å². The molecule has 0 aromatic carbocycles. The monoisotopic (exact) mass is 375 g/mol. The van der Waals surface area contributed by atoms with Gasteiger partial charge in [0.1, 0.15) is 0 Å². The third-order valence-corrected chi connectivity index (χ3v) is 5.99. The zero-order valence-electron chi connectivity index (χ0n) is 15.9. The zero-order valence-corrected chi connectivity index (χ0v) is 16.7. The van der Waals surface area contributed by atoms with E-state index >= 15 is 0 Å². The number of rotatable bonds is 9. The van der Waals surface area contributed by atoms with Crippen molar-refractivity contribution < 1.29 is 13.2 Å². The first-order valence-electron chi connectivity index (χ1n) is 8.90. The molecule has 1 aliphatic rings. The number of carbonyl (C=O) groups is 1. The molecular weight excluding hydrogens is 342 g/mol. The van der Waals surface area contributed by atoms with Crippen LogP contribution in [0.5, 0.6) is 0 Å². The second-order valence-electron chi connectivity index (χ2n) is 6.69. The Labute approximate surface area is 151 Å². The van der Waals surface area contributed by atoms with Crippen LogP contribution in [-0.2, 0) is 14.8 Å². The van der Waals surface area contributed by atoms with Crippen molar-refractivity contribution in [1.82, 2.24) is 20.3 Å². The van der Waals surface area contributed by atoms with E-state index < -0.39 is 10.0 Å². The number of amides is 1. The molecule has 0 aromatic rings. The van der Waals surface area contributed by atoms with Crippen molar-refractivity contribution in [2.24, 2.45) is 10.4 Å². The molecule has 0 atom stereocenters. The molecule has 25 heavy (non-hydrogen) atoms. The molecule has 1 rings (SSSR count). The van der Waals surface area contributed by atoms with E-state index in [1.807, 2.05) is 0 Å². The number of carbonyl (C=O) groups excluding carboxylic acids is 1. The highest BCUT2D eigenvalue weighted by Crippen LogP contribution is 2.38. The zero-order chi connectivity index (χ0) is 18.9. The van der Waals surface area contributed by atoms with Crippen LogP contribution in [0.1, 0.15) is 39.0 Å². The first-order chi connectivity index (χ1) is 11.8. The van der Waals surface area contributed by atoms with Gasteiger partial charge in [0, 0.05) is 40.8 Å². The van der Waals surface area contributed by atoms with Crippen LogP contribution in [0.15, 0.2) is 4.99 Å². The first kappa shape index (κ1) is 21.7. The van der Waals surface area contributed by atoms with Gasteiger partial charge in [-0.25, -0.2) is 13.1 Å². The number of hydrogen-bond acceptors (Lipinski definition) is 4. The Morgan fingerprint density at radius 3 is 2.32 bits per heavy atom. The largest absolute Gasteiger partial charge is 0.356 e. The van der Waals surface area contributed by atoms with E-state index in [2.05, 4.69) is 20.3 Å². The lowest BCUT2D eigenvalue weighted by atomic mass is 9.84. The van der Waals surface area contributed by atoms with Crippen molar-refractivity contribution in [3.8, 4) is 0 Å². The summed E-state index contributed by atoms with van der Waals surface area (Å²) < 4.78 is 25.2. The molecule has 0 spiro atoms. The van der Waals surface area contributed by atoms with Crippen molar-refractivity contribution in [2.75, 3.05) is 46.5 Å². The Kier molecular flexibility index (Phi) is 8.64. The average molecular weight is 376 g/mol. The maximum atomic E-state index is 12.6. The van der Waals surface area contributed by atoms with Crippen LogP contribution in [-0.4, -0.2) is 71.7 Å². The van der Waals surface area contributed by atoms with Gasteiger partial charge in [0.25, 0.3) is 0 Å². The molecule has 1 amide bonds. The van der Waals surface area contributed by atoms with Gasteiger partial charge in [-0.3, -0.25) is 9.79 Å². The van der Waals surface area contributed by atoms with Gasteiger partial charge >= 0.3 is 0 Å². The highest BCUT2D eigenvalue weighted by atomic mass is 32.2. The fourth-order valence-electron chi connectivity index (χ4n) is 3.09. The fraction of sp³-hybridized carbons (Fsp3) is 0.875. The quantitative estimate of drug-likeness (QED) is 0.302. The van der Waals surface area contributed by atoms with Crippen molar-refractivity contribution in [1.29, 1.82) is 0 Å². The van der Waals surface area contributed by atoms with E-state index in [0.717, 1.165) is 25.7 Å². The molecule has 9 heteroatoms. The number of aliphatic imine (C=N–C) groups is 1. The van der Waals surface area contributed by atoms with Crippen LogP contribution < -0.4 is 15.4 Å². The maximum Gasteiger partial charge on any atom is 0.230 e. The van der Waals surface area contributed by atoms with E-state index in [1.54, 1.807) is 33.0 Å². The Balaban J connectivity index is 2.42. The summed E-state index contributed by atoms with van der Waals surface area (Å²) in [5.41, 5.74) is -0.349. The lowest BCUT2D eigenvalue weighted by Crippen LogP contribution is -2.49. The first-order valence-corrected chi connectivity index (χ1v) is 10.5. The Bertz CT molecular complexity index is 554. The minimum atomic E-state index is -3.14. The molecule has 3 N–H and O–H groups in total. The average Bonchev–Trinajstić information content (AvgIpc) is 3.06. The summed E-state index contributed by atoms with van der Waals surface area (Å²) >= 11 is 0. The van der Waals surface area contributed by atoms with E-state index in [1.165, 1.54) is 0 Å². The second kappa shape index (κ2) is 9.96. The molecule has 0 heterocycles. The van der Waals surface area contributed by atoms with Crippen molar-refractivity contribution in [3.63, 3.8) is 0 Å². The number of nitrogens with one attached hydrogen (secondary N) is 3. The Morgan fingerprint density at radius 1 is 1.16 bits per heavy atom. The fourth-order valence-corrected chi connectivity index (χ4v) is 3.75. The second-order valence-corrected chi connectivity index (χ2v) is 8.79. The minimum absolute atomic E-state index is 0.0889. The van der Waals surface area contributed by atoms with Gasteiger partial charge in [0.05, 0.1) is 11.2 Å². The normalized spacial score (nSPS) is 17.4. The molecule has 1 saturated carbocycles. The van der Waals surface area contributed by atoms with Crippen LogP contribution in [0.2, 0.25) is 0 Å². The van der Waals surface area contributed by atoms with Gasteiger partial charge in [-0.2, -0.15) is 0 Å². The summed E-state index contributed by atoms with van der Waals surface area (Å²) in [6.07, 6.45) is 4.59. The molecule has 1 aliphatic carbocycles. The van der Waals surface area contributed by atoms with Crippen LogP contribution in [0.4, 0.5) is 0 Å². The highest BCUT2D eigenvalue weighted by Gasteiger charge is 2.42. The highest BCUT2D eigenvalue weighted by molar-refractivity contribution is 7.89. The molecule has 1 fully saturated rings. The van der Waals surface area contributed by atoms with Gasteiger partial charge in [0.2, 0.25) is 15.9 Å². The summed E-state index contributed by atoms with van der Waals surface area (Å²) in [7, 11) is 2.14. The van der Waals surface area contributed by atoms with E-state index in [0.29, 0.717) is 32.0 Å². The molecular formula is C16H33N5O3S. The predicted octanol–water partition coefficient (Wildman–Crippen LogP) is 0.129. The van der Waals surface area contributed by atoms with Crippen molar-refractivity contribution in [2.45, 2.75) is 39.0 Å². The lowest BCUT2D eigenvalue weighted by molar-refractivity contribution is -0.138. The summed E-state index contributed by atoms with van der Waals surface area (Å²) in [6, 6.07) is 0. The number of nitrogens with zero attached hydrogens (tertiary/aromatic N) is 2. The summed E-state index contributed by atoms with van der Waals surface area (Å²) in [4.78, 5) is 18.4. The molecule has 0 aliphatic heterocycles. The molecule has 0 bridgehead atoms. The number of guanidine groups is 1. The minimum Gasteiger partial charge on any atom is -0.356 e. The van der Waals surface area contributed by atoms with Gasteiger partial charge in [-0.05, 0) is 26.2 Å². The molecule has 0 unspecified atom stereocenters. The summed E-state index contributed by atoms with van der Waals surface area (Å²) in [5.74, 6) is 0.893. The Hall–Kier alpha value is -1.35. The van der Waals surface area contributed by atoms with Gasteiger partial charge < -0.3 is 15.5 Å². The summed E-state index contributed by atoms with van der Waals surface area (Å²) in [6.45, 7) is 3.16. The standard InChI is InChI=1S/C16H33N5O3S/c1-5-25(23,24)20-12-8-11-18-15(17-2)19-13-16(9-6-7-10-16)14(22)21(3)4/h20H,5-13H2,1-4H3,(H2,17,18,19). The smallest absolute Gasteiger partial charge is 0.230 e. The van der Waals surface area contributed by atoms with E-state index in [-0.39, 0.29) is 17.1 Å². The summed E-state index contributed by atoms with van der Waals surface area (Å²) in [5, 5.41) is 6.42. The third kappa shape index (κ3) is 6.81. The lowest BCUT2D eigenvalue weighted by Gasteiger charge is -2.31. The van der Waals surface area contributed by atoms with Gasteiger partial charge in [-0.1, -0.05) is 12.8 Å². The van der Waals surface area contributed by atoms with Gasteiger partial charge in [-0.15, -0.1) is 0 Å². The molecule has 0 radical (unpaired) electrons.